The molecular formula is C15H13BrFNO2. The highest BCUT2D eigenvalue weighted by molar-refractivity contribution is 9.10. The molecule has 1 heterocycles. The summed E-state index contributed by atoms with van der Waals surface area (Å²) < 4.78 is 24.9. The van der Waals surface area contributed by atoms with Crippen LogP contribution in [0.5, 0.6) is 11.5 Å². The maximum absolute atomic E-state index is 13.4. The number of benzene rings is 2. The van der Waals surface area contributed by atoms with Crippen LogP contribution in [0.15, 0.2) is 40.9 Å². The minimum absolute atomic E-state index is 0.258. The first-order valence-corrected chi connectivity index (χ1v) is 7.09. The number of anilines is 1. The number of rotatable bonds is 3. The number of hydrogen-bond donors (Lipinski definition) is 1. The van der Waals surface area contributed by atoms with Crippen molar-refractivity contribution in [3.8, 4) is 11.5 Å². The Morgan fingerprint density at radius 1 is 1.05 bits per heavy atom. The molecule has 0 unspecified atom stereocenters. The van der Waals surface area contributed by atoms with Gasteiger partial charge in [0.05, 0.1) is 4.47 Å². The fraction of sp³-hybridized carbons (Fsp3) is 0.200. The second kappa shape index (κ2) is 5.71. The largest absolute Gasteiger partial charge is 0.486 e. The van der Waals surface area contributed by atoms with Crippen LogP contribution >= 0.6 is 15.9 Å². The predicted octanol–water partition coefficient (Wildman–Crippen LogP) is 3.97. The Bertz CT molecular complexity index is 633. The Balaban J connectivity index is 1.70. The van der Waals surface area contributed by atoms with Gasteiger partial charge in [-0.3, -0.25) is 0 Å². The number of nitrogens with one attached hydrogen (secondary N) is 1. The number of ether oxygens (including phenoxy) is 2. The van der Waals surface area contributed by atoms with Crippen LogP contribution in [0.25, 0.3) is 0 Å². The highest BCUT2D eigenvalue weighted by Gasteiger charge is 2.11. The van der Waals surface area contributed by atoms with E-state index in [4.69, 9.17) is 9.47 Å². The quantitative estimate of drug-likeness (QED) is 0.919. The van der Waals surface area contributed by atoms with Gasteiger partial charge >= 0.3 is 0 Å². The maximum atomic E-state index is 13.4. The van der Waals surface area contributed by atoms with E-state index in [1.807, 2.05) is 24.3 Å². The Morgan fingerprint density at radius 3 is 2.65 bits per heavy atom. The van der Waals surface area contributed by atoms with Gasteiger partial charge in [0.2, 0.25) is 0 Å². The van der Waals surface area contributed by atoms with Gasteiger partial charge in [-0.15, -0.1) is 0 Å². The van der Waals surface area contributed by atoms with E-state index in [1.54, 1.807) is 6.07 Å². The minimum Gasteiger partial charge on any atom is -0.486 e. The molecule has 0 aliphatic carbocycles. The van der Waals surface area contributed by atoms with Crippen molar-refractivity contribution in [3.05, 3.63) is 52.3 Å². The van der Waals surface area contributed by atoms with E-state index in [9.17, 15) is 4.39 Å². The molecule has 1 aliphatic rings. The molecule has 0 spiro atoms. The molecule has 1 aliphatic heterocycles. The highest BCUT2D eigenvalue weighted by Crippen LogP contribution is 2.32. The van der Waals surface area contributed by atoms with Crippen molar-refractivity contribution >= 4 is 21.6 Å². The molecule has 0 atom stereocenters. The molecule has 0 fully saturated rings. The first-order valence-electron chi connectivity index (χ1n) is 6.30. The molecule has 20 heavy (non-hydrogen) atoms. The third-order valence-corrected chi connectivity index (χ3v) is 3.67. The molecule has 0 saturated carbocycles. The standard InChI is InChI=1S/C15H13BrFNO2/c16-12-3-1-10(7-13(12)17)9-18-11-2-4-14-15(8-11)20-6-5-19-14/h1-4,7-8,18H,5-6,9H2. The molecule has 2 aromatic rings. The third kappa shape index (κ3) is 2.88. The van der Waals surface area contributed by atoms with Crippen LogP contribution in [0.3, 0.4) is 0 Å². The zero-order chi connectivity index (χ0) is 13.9. The van der Waals surface area contributed by atoms with Crippen LogP contribution in [0.1, 0.15) is 5.56 Å². The summed E-state index contributed by atoms with van der Waals surface area (Å²) in [6.45, 7) is 1.69. The van der Waals surface area contributed by atoms with Crippen LogP contribution in [0.4, 0.5) is 10.1 Å². The Labute approximate surface area is 124 Å². The van der Waals surface area contributed by atoms with E-state index in [1.165, 1.54) is 6.07 Å². The Morgan fingerprint density at radius 2 is 1.85 bits per heavy atom. The van der Waals surface area contributed by atoms with Crippen molar-refractivity contribution in [1.82, 2.24) is 0 Å². The van der Waals surface area contributed by atoms with Gasteiger partial charge in [-0.2, -0.15) is 0 Å². The van der Waals surface area contributed by atoms with Gasteiger partial charge in [0.1, 0.15) is 19.0 Å². The monoisotopic (exact) mass is 337 g/mol. The average Bonchev–Trinajstić information content (AvgIpc) is 2.48. The van der Waals surface area contributed by atoms with Crippen molar-refractivity contribution in [1.29, 1.82) is 0 Å². The average molecular weight is 338 g/mol. The van der Waals surface area contributed by atoms with Gasteiger partial charge in [0.25, 0.3) is 0 Å². The summed E-state index contributed by atoms with van der Waals surface area (Å²) >= 11 is 3.14. The Kier molecular flexibility index (Phi) is 3.78. The molecule has 0 radical (unpaired) electrons. The van der Waals surface area contributed by atoms with Crippen LogP contribution in [-0.4, -0.2) is 13.2 Å². The van der Waals surface area contributed by atoms with Crippen molar-refractivity contribution in [2.24, 2.45) is 0 Å². The van der Waals surface area contributed by atoms with E-state index in [-0.39, 0.29) is 5.82 Å². The summed E-state index contributed by atoms with van der Waals surface area (Å²) in [5.41, 5.74) is 1.79. The third-order valence-electron chi connectivity index (χ3n) is 3.02. The molecular weight excluding hydrogens is 325 g/mol. The number of halogens is 2. The van der Waals surface area contributed by atoms with Gasteiger partial charge in [0.15, 0.2) is 11.5 Å². The smallest absolute Gasteiger partial charge is 0.163 e. The summed E-state index contributed by atoms with van der Waals surface area (Å²) in [6.07, 6.45) is 0. The van der Waals surface area contributed by atoms with Crippen molar-refractivity contribution in [2.45, 2.75) is 6.54 Å². The SMILES string of the molecule is Fc1cc(CNc2ccc3c(c2)OCCO3)ccc1Br. The zero-order valence-corrected chi connectivity index (χ0v) is 12.2. The van der Waals surface area contributed by atoms with Gasteiger partial charge in [-0.1, -0.05) is 6.07 Å². The van der Waals surface area contributed by atoms with Crippen LogP contribution < -0.4 is 14.8 Å². The maximum Gasteiger partial charge on any atom is 0.163 e. The van der Waals surface area contributed by atoms with Crippen LogP contribution in [0, 0.1) is 5.82 Å². The molecule has 0 aromatic heterocycles. The summed E-state index contributed by atoms with van der Waals surface area (Å²) in [5, 5.41) is 3.24. The lowest BCUT2D eigenvalue weighted by molar-refractivity contribution is 0.171. The summed E-state index contributed by atoms with van der Waals surface area (Å²) in [6, 6.07) is 10.8. The molecule has 3 rings (SSSR count). The van der Waals surface area contributed by atoms with Gasteiger partial charge in [-0.25, -0.2) is 4.39 Å². The minimum atomic E-state index is -0.258. The number of fused-ring (bicyclic) bond motifs is 1. The second-order valence-electron chi connectivity index (χ2n) is 4.46. The van der Waals surface area contributed by atoms with Crippen LogP contribution in [0.2, 0.25) is 0 Å². The Hall–Kier alpha value is -1.75. The normalized spacial score (nSPS) is 13.1. The number of hydrogen-bond acceptors (Lipinski definition) is 3. The highest BCUT2D eigenvalue weighted by atomic mass is 79.9. The van der Waals surface area contributed by atoms with Gasteiger partial charge in [-0.05, 0) is 45.8 Å². The summed E-state index contributed by atoms with van der Waals surface area (Å²) in [4.78, 5) is 0. The summed E-state index contributed by atoms with van der Waals surface area (Å²) in [7, 11) is 0. The fourth-order valence-electron chi connectivity index (χ4n) is 2.01. The predicted molar refractivity (Wildman–Crippen MR) is 78.9 cm³/mol. The molecule has 0 saturated heterocycles. The lowest BCUT2D eigenvalue weighted by Gasteiger charge is -2.19. The molecule has 1 N–H and O–H groups in total. The second-order valence-corrected chi connectivity index (χ2v) is 5.31. The van der Waals surface area contributed by atoms with E-state index >= 15 is 0 Å². The zero-order valence-electron chi connectivity index (χ0n) is 10.7. The van der Waals surface area contributed by atoms with E-state index < -0.39 is 0 Å². The molecule has 2 aromatic carbocycles. The molecule has 0 amide bonds. The lowest BCUT2D eigenvalue weighted by atomic mass is 10.2. The van der Waals surface area contributed by atoms with Crippen molar-refractivity contribution in [3.63, 3.8) is 0 Å². The first-order chi connectivity index (χ1) is 9.72. The molecule has 3 nitrogen and oxygen atoms in total. The fourth-order valence-corrected chi connectivity index (χ4v) is 2.25. The van der Waals surface area contributed by atoms with Gasteiger partial charge < -0.3 is 14.8 Å². The lowest BCUT2D eigenvalue weighted by Crippen LogP contribution is -2.15. The first kappa shape index (κ1) is 13.2. The van der Waals surface area contributed by atoms with E-state index in [0.29, 0.717) is 24.2 Å². The molecule has 5 heteroatoms. The van der Waals surface area contributed by atoms with Gasteiger partial charge in [0, 0.05) is 18.3 Å². The van der Waals surface area contributed by atoms with Crippen molar-refractivity contribution in [2.75, 3.05) is 18.5 Å². The summed E-state index contributed by atoms with van der Waals surface area (Å²) in [5.74, 6) is 1.24. The van der Waals surface area contributed by atoms with Crippen molar-refractivity contribution < 1.29 is 13.9 Å². The molecule has 104 valence electrons. The topological polar surface area (TPSA) is 30.5 Å². The van der Waals surface area contributed by atoms with Crippen LogP contribution in [-0.2, 0) is 6.54 Å². The molecule has 0 bridgehead atoms. The van der Waals surface area contributed by atoms with E-state index in [0.717, 1.165) is 22.7 Å². The van der Waals surface area contributed by atoms with E-state index in [2.05, 4.69) is 21.2 Å².